The lowest BCUT2D eigenvalue weighted by Crippen LogP contribution is -2.46. The quantitative estimate of drug-likeness (QED) is 0.491. The molecule has 1 aromatic heterocycles. The van der Waals surface area contributed by atoms with Gasteiger partial charge in [0.05, 0.1) is 23.8 Å². The Kier molecular flexibility index (Phi) is 6.42. The zero-order valence-electron chi connectivity index (χ0n) is 18.4. The molecule has 3 heterocycles. The lowest BCUT2D eigenvalue weighted by atomic mass is 9.95. The number of nitrogens with zero attached hydrogens (tertiary/aromatic N) is 2. The number of rotatable bonds is 6. The predicted octanol–water partition coefficient (Wildman–Crippen LogP) is 3.26. The molecule has 4 rings (SSSR count). The van der Waals surface area contributed by atoms with Gasteiger partial charge < -0.3 is 24.8 Å². The van der Waals surface area contributed by atoms with E-state index in [4.69, 9.17) is 14.2 Å². The highest BCUT2D eigenvalue weighted by atomic mass is 32.2. The van der Waals surface area contributed by atoms with Crippen molar-refractivity contribution in [3.05, 3.63) is 57.9 Å². The Morgan fingerprint density at radius 1 is 1.30 bits per heavy atom. The molecule has 1 atom stereocenters. The number of carbonyl (C=O) groups is 2. The fourth-order valence-corrected chi connectivity index (χ4v) is 4.78. The van der Waals surface area contributed by atoms with Gasteiger partial charge in [-0.15, -0.1) is 0 Å². The van der Waals surface area contributed by atoms with Crippen LogP contribution in [0.2, 0.25) is 0 Å². The van der Waals surface area contributed by atoms with E-state index in [0.29, 0.717) is 33.3 Å². The van der Waals surface area contributed by atoms with E-state index in [2.05, 4.69) is 21.7 Å². The normalized spacial score (nSPS) is 16.7. The molecule has 2 aromatic rings. The third-order valence-corrected chi connectivity index (χ3v) is 6.16. The van der Waals surface area contributed by atoms with E-state index in [0.717, 1.165) is 11.3 Å². The highest BCUT2D eigenvalue weighted by Crippen LogP contribution is 2.38. The van der Waals surface area contributed by atoms with Gasteiger partial charge in [-0.2, -0.15) is 5.26 Å². The summed E-state index contributed by atoms with van der Waals surface area (Å²) >= 11 is 1.28. The van der Waals surface area contributed by atoms with E-state index in [9.17, 15) is 14.9 Å². The average molecular weight is 467 g/mol. The van der Waals surface area contributed by atoms with Crippen LogP contribution in [0.25, 0.3) is 0 Å². The molecule has 1 aromatic carbocycles. The Bertz CT molecular complexity index is 1200. The van der Waals surface area contributed by atoms with Gasteiger partial charge in [-0.3, -0.25) is 0 Å². The maximum atomic E-state index is 13.0. The molecule has 0 radical (unpaired) electrons. The van der Waals surface area contributed by atoms with Crippen molar-refractivity contribution in [1.29, 1.82) is 5.26 Å². The first kappa shape index (κ1) is 22.5. The van der Waals surface area contributed by atoms with E-state index in [1.165, 1.54) is 11.8 Å². The molecule has 170 valence electrons. The van der Waals surface area contributed by atoms with Crippen LogP contribution in [0.1, 0.15) is 35.3 Å². The Labute approximate surface area is 195 Å². The lowest BCUT2D eigenvalue weighted by molar-refractivity contribution is -0.139. The van der Waals surface area contributed by atoms with Crippen LogP contribution in [0.15, 0.2) is 40.6 Å². The molecule has 0 spiro atoms. The summed E-state index contributed by atoms with van der Waals surface area (Å²) in [7, 11) is 0. The predicted molar refractivity (Wildman–Crippen MR) is 120 cm³/mol. The van der Waals surface area contributed by atoms with Crippen molar-refractivity contribution in [2.24, 2.45) is 0 Å². The number of urea groups is 1. The van der Waals surface area contributed by atoms with Crippen molar-refractivity contribution in [1.82, 2.24) is 15.6 Å². The topological polar surface area (TPSA) is 123 Å². The minimum absolute atomic E-state index is 0.115. The first-order valence-electron chi connectivity index (χ1n) is 10.3. The molecule has 2 amide bonds. The van der Waals surface area contributed by atoms with Gasteiger partial charge in [0.15, 0.2) is 11.5 Å². The molecule has 33 heavy (non-hydrogen) atoms. The minimum Gasteiger partial charge on any atom is -0.463 e. The molecule has 9 nitrogen and oxygen atoms in total. The number of fused-ring (bicyclic) bond motifs is 1. The molecule has 2 aliphatic heterocycles. The molecule has 2 N–H and O–H groups in total. The summed E-state index contributed by atoms with van der Waals surface area (Å²) in [6, 6.07) is 8.08. The van der Waals surface area contributed by atoms with E-state index < -0.39 is 18.0 Å². The molecule has 2 aliphatic rings. The van der Waals surface area contributed by atoms with Gasteiger partial charge in [0, 0.05) is 17.1 Å². The summed E-state index contributed by atoms with van der Waals surface area (Å²) < 4.78 is 16.1. The van der Waals surface area contributed by atoms with Crippen LogP contribution in [0, 0.1) is 25.2 Å². The number of thioether (sulfide) groups is 1. The van der Waals surface area contributed by atoms with Gasteiger partial charge in [-0.05, 0) is 50.1 Å². The third-order valence-electron chi connectivity index (χ3n) is 5.16. The Morgan fingerprint density at radius 2 is 2.09 bits per heavy atom. The van der Waals surface area contributed by atoms with Crippen LogP contribution in [0.4, 0.5) is 4.79 Å². The van der Waals surface area contributed by atoms with Crippen LogP contribution in [-0.4, -0.2) is 36.1 Å². The molecule has 0 saturated heterocycles. The van der Waals surface area contributed by atoms with Crippen LogP contribution in [0.3, 0.4) is 0 Å². The van der Waals surface area contributed by atoms with Crippen LogP contribution >= 0.6 is 11.8 Å². The number of amides is 2. The van der Waals surface area contributed by atoms with Gasteiger partial charge in [0.25, 0.3) is 0 Å². The Morgan fingerprint density at radius 3 is 2.85 bits per heavy atom. The van der Waals surface area contributed by atoms with Gasteiger partial charge in [0.1, 0.15) is 11.1 Å². The first-order chi connectivity index (χ1) is 15.9. The molecule has 0 fully saturated rings. The van der Waals surface area contributed by atoms with Crippen LogP contribution in [0.5, 0.6) is 11.5 Å². The van der Waals surface area contributed by atoms with Crippen molar-refractivity contribution in [2.75, 3.05) is 19.2 Å². The van der Waals surface area contributed by atoms with Gasteiger partial charge in [-0.1, -0.05) is 17.8 Å². The number of hydrogen-bond donors (Lipinski definition) is 2. The lowest BCUT2D eigenvalue weighted by Gasteiger charge is -2.29. The molecule has 10 heteroatoms. The van der Waals surface area contributed by atoms with E-state index in [-0.39, 0.29) is 24.7 Å². The highest BCUT2D eigenvalue weighted by Gasteiger charge is 2.34. The third kappa shape index (κ3) is 4.59. The second kappa shape index (κ2) is 9.42. The molecule has 0 aliphatic carbocycles. The van der Waals surface area contributed by atoms with E-state index in [1.54, 1.807) is 25.1 Å². The summed E-state index contributed by atoms with van der Waals surface area (Å²) in [5.74, 6) is 0.809. The summed E-state index contributed by atoms with van der Waals surface area (Å²) in [6.45, 7) is 5.72. The Balaban J connectivity index is 1.73. The van der Waals surface area contributed by atoms with Crippen molar-refractivity contribution in [3.63, 3.8) is 0 Å². The second-order valence-corrected chi connectivity index (χ2v) is 8.38. The Hall–Kier alpha value is -3.71. The number of nitrogens with one attached hydrogen (secondary N) is 2. The fraction of sp³-hybridized carbons (Fsp3) is 0.304. The maximum Gasteiger partial charge on any atom is 0.338 e. The second-order valence-electron chi connectivity index (χ2n) is 7.42. The minimum atomic E-state index is -0.745. The van der Waals surface area contributed by atoms with Crippen molar-refractivity contribution in [2.45, 2.75) is 31.8 Å². The van der Waals surface area contributed by atoms with E-state index in [1.807, 2.05) is 19.9 Å². The van der Waals surface area contributed by atoms with Crippen LogP contribution < -0.4 is 20.1 Å². The highest BCUT2D eigenvalue weighted by molar-refractivity contribution is 7.99. The van der Waals surface area contributed by atoms with Gasteiger partial charge in [-0.25, -0.2) is 14.6 Å². The smallest absolute Gasteiger partial charge is 0.338 e. The molecule has 0 saturated carbocycles. The number of ether oxygens (including phenoxy) is 3. The number of pyridine rings is 1. The number of carbonyl (C=O) groups excluding carboxylic acids is 2. The number of benzene rings is 1. The first-order valence-corrected chi connectivity index (χ1v) is 11.3. The van der Waals surface area contributed by atoms with Gasteiger partial charge >= 0.3 is 12.0 Å². The summed E-state index contributed by atoms with van der Waals surface area (Å²) in [5, 5.41) is 15.6. The summed E-state index contributed by atoms with van der Waals surface area (Å²) in [6.07, 6.45) is 0. The number of esters is 1. The molecule has 1 unspecified atom stereocenters. The van der Waals surface area contributed by atoms with E-state index >= 15 is 0 Å². The van der Waals surface area contributed by atoms with Crippen molar-refractivity contribution >= 4 is 23.8 Å². The molecular weight excluding hydrogens is 444 g/mol. The fourth-order valence-electron chi connectivity index (χ4n) is 3.71. The van der Waals surface area contributed by atoms with Crippen LogP contribution in [-0.2, 0) is 9.53 Å². The standard InChI is InChI=1S/C23H22N4O5S/c1-4-30-22(28)19-16(10-33-21-15(9-24)12(2)7-13(3)25-21)26-23(29)27-20(19)14-5-6-17-18(8-14)32-11-31-17/h5-8,20H,4,10-11H2,1-3H3,(H2,26,27,29). The summed E-state index contributed by atoms with van der Waals surface area (Å²) in [5.41, 5.74) is 3.40. The zero-order valence-corrected chi connectivity index (χ0v) is 19.2. The number of nitriles is 1. The largest absolute Gasteiger partial charge is 0.463 e. The summed E-state index contributed by atoms with van der Waals surface area (Å²) in [4.78, 5) is 30.0. The number of aromatic nitrogens is 1. The SMILES string of the molecule is CCOC(=O)C1=C(CSc2nc(C)cc(C)c2C#N)NC(=O)NC1c1ccc2c(c1)OCO2. The van der Waals surface area contributed by atoms with Crippen molar-refractivity contribution < 1.29 is 23.8 Å². The average Bonchev–Trinajstić information content (AvgIpc) is 3.25. The number of aryl methyl sites for hydroxylation is 2. The zero-order chi connectivity index (χ0) is 23.5. The monoisotopic (exact) mass is 466 g/mol. The molecule has 0 bridgehead atoms. The van der Waals surface area contributed by atoms with Gasteiger partial charge in [0.2, 0.25) is 6.79 Å². The maximum absolute atomic E-state index is 13.0. The number of hydrogen-bond acceptors (Lipinski definition) is 8. The van der Waals surface area contributed by atoms with Crippen molar-refractivity contribution in [3.8, 4) is 17.6 Å². The molecular formula is C23H22N4O5S.